The maximum Gasteiger partial charge on any atom is 0.255 e. The van der Waals surface area contributed by atoms with Gasteiger partial charge < -0.3 is 5.32 Å². The summed E-state index contributed by atoms with van der Waals surface area (Å²) < 4.78 is 27.3. The van der Waals surface area contributed by atoms with Gasteiger partial charge in [0, 0.05) is 16.8 Å². The molecule has 1 amide bonds. The summed E-state index contributed by atoms with van der Waals surface area (Å²) in [6.07, 6.45) is 0. The normalized spacial score (nSPS) is 11.8. The Morgan fingerprint density at radius 3 is 1.86 bits per heavy atom. The third-order valence-corrected chi connectivity index (χ3v) is 5.89. The van der Waals surface area contributed by atoms with Gasteiger partial charge in [-0.15, -0.1) is 0 Å². The van der Waals surface area contributed by atoms with Crippen LogP contribution in [0, 0.1) is 0 Å². The van der Waals surface area contributed by atoms with Crippen LogP contribution >= 0.6 is 0 Å². The predicted octanol–water partition coefficient (Wildman–Crippen LogP) is 4.68. The van der Waals surface area contributed by atoms with Crippen LogP contribution in [0.4, 0.5) is 5.69 Å². The van der Waals surface area contributed by atoms with E-state index in [0.717, 1.165) is 11.1 Å². The van der Waals surface area contributed by atoms with Crippen molar-refractivity contribution < 1.29 is 13.2 Å². The first kappa shape index (κ1) is 20.8. The molecule has 5 nitrogen and oxygen atoms in total. The summed E-state index contributed by atoms with van der Waals surface area (Å²) in [6, 6.07) is 23.4. The number of carbonyl (C=O) groups is 1. The van der Waals surface area contributed by atoms with Crippen molar-refractivity contribution in [3.05, 3.63) is 84.4 Å². The quantitative estimate of drug-likeness (QED) is 0.643. The van der Waals surface area contributed by atoms with Gasteiger partial charge in [-0.2, -0.15) is 0 Å². The lowest BCUT2D eigenvalue weighted by molar-refractivity contribution is 0.102. The number of anilines is 1. The van der Waals surface area contributed by atoms with Crippen molar-refractivity contribution in [3.63, 3.8) is 0 Å². The zero-order chi connectivity index (χ0) is 21.1. The van der Waals surface area contributed by atoms with Crippen LogP contribution in [0.3, 0.4) is 0 Å². The molecule has 0 spiro atoms. The van der Waals surface area contributed by atoms with Crippen molar-refractivity contribution in [3.8, 4) is 11.1 Å². The van der Waals surface area contributed by atoms with Crippen molar-refractivity contribution in [2.75, 3.05) is 5.32 Å². The first-order valence-electron chi connectivity index (χ1n) is 9.25. The average Bonchev–Trinajstić information content (AvgIpc) is 2.67. The molecule has 29 heavy (non-hydrogen) atoms. The molecule has 0 aromatic heterocycles. The average molecular weight is 409 g/mol. The van der Waals surface area contributed by atoms with E-state index in [1.54, 1.807) is 45.0 Å². The van der Waals surface area contributed by atoms with Gasteiger partial charge in [-0.25, -0.2) is 13.1 Å². The molecule has 0 unspecified atom stereocenters. The molecule has 0 saturated carbocycles. The minimum absolute atomic E-state index is 0.151. The van der Waals surface area contributed by atoms with Gasteiger partial charge in [-0.3, -0.25) is 4.79 Å². The van der Waals surface area contributed by atoms with Crippen LogP contribution in [0.2, 0.25) is 0 Å². The molecular formula is C23H24N2O3S. The van der Waals surface area contributed by atoms with Gasteiger partial charge in [0.25, 0.3) is 5.91 Å². The molecule has 6 heteroatoms. The van der Waals surface area contributed by atoms with E-state index in [1.165, 1.54) is 12.1 Å². The van der Waals surface area contributed by atoms with Crippen molar-refractivity contribution >= 4 is 21.6 Å². The predicted molar refractivity (Wildman–Crippen MR) is 116 cm³/mol. The third kappa shape index (κ3) is 5.53. The Morgan fingerprint density at radius 2 is 1.31 bits per heavy atom. The molecule has 0 atom stereocenters. The standard InChI is InChI=1S/C23H24N2O3S/c1-23(2,3)25-29(27,28)21-15-13-20(14-16-21)24-22(26)19-11-9-18(10-12-19)17-7-5-4-6-8-17/h4-16,25H,1-3H3,(H,24,26). The molecule has 0 bridgehead atoms. The molecule has 0 saturated heterocycles. The van der Waals surface area contributed by atoms with E-state index in [1.807, 2.05) is 42.5 Å². The fourth-order valence-corrected chi connectivity index (χ4v) is 4.25. The van der Waals surface area contributed by atoms with E-state index >= 15 is 0 Å². The highest BCUT2D eigenvalue weighted by atomic mass is 32.2. The number of carbonyl (C=O) groups excluding carboxylic acids is 1. The first-order valence-corrected chi connectivity index (χ1v) is 10.7. The smallest absolute Gasteiger partial charge is 0.255 e. The van der Waals surface area contributed by atoms with Gasteiger partial charge in [0.15, 0.2) is 0 Å². The van der Waals surface area contributed by atoms with Crippen molar-refractivity contribution in [2.24, 2.45) is 0 Å². The minimum atomic E-state index is -3.61. The van der Waals surface area contributed by atoms with E-state index < -0.39 is 15.6 Å². The Balaban J connectivity index is 1.69. The molecule has 3 rings (SSSR count). The molecule has 0 heterocycles. The number of amides is 1. The lowest BCUT2D eigenvalue weighted by Crippen LogP contribution is -2.40. The molecule has 0 aliphatic carbocycles. The van der Waals surface area contributed by atoms with Crippen molar-refractivity contribution in [1.82, 2.24) is 4.72 Å². The zero-order valence-corrected chi connectivity index (χ0v) is 17.5. The number of benzene rings is 3. The zero-order valence-electron chi connectivity index (χ0n) is 16.6. The van der Waals surface area contributed by atoms with Crippen LogP contribution < -0.4 is 10.0 Å². The monoisotopic (exact) mass is 408 g/mol. The molecule has 0 aliphatic rings. The van der Waals surface area contributed by atoms with E-state index in [-0.39, 0.29) is 10.8 Å². The van der Waals surface area contributed by atoms with Crippen LogP contribution in [0.5, 0.6) is 0 Å². The maximum absolute atomic E-state index is 12.5. The molecule has 3 aromatic rings. The SMILES string of the molecule is CC(C)(C)NS(=O)(=O)c1ccc(NC(=O)c2ccc(-c3ccccc3)cc2)cc1. The summed E-state index contributed by atoms with van der Waals surface area (Å²) in [5, 5.41) is 2.79. The van der Waals surface area contributed by atoms with Crippen LogP contribution in [-0.4, -0.2) is 19.9 Å². The maximum atomic E-state index is 12.5. The fourth-order valence-electron chi connectivity index (χ4n) is 2.83. The summed E-state index contributed by atoms with van der Waals surface area (Å²) in [5.41, 5.74) is 2.59. The van der Waals surface area contributed by atoms with Gasteiger partial charge in [-0.05, 0) is 68.3 Å². The number of rotatable bonds is 5. The summed E-state index contributed by atoms with van der Waals surface area (Å²) in [6.45, 7) is 5.34. The number of hydrogen-bond acceptors (Lipinski definition) is 3. The molecular weight excluding hydrogens is 384 g/mol. The highest BCUT2D eigenvalue weighted by molar-refractivity contribution is 7.89. The minimum Gasteiger partial charge on any atom is -0.322 e. The Labute approximate surface area is 171 Å². The van der Waals surface area contributed by atoms with Gasteiger partial charge in [0.05, 0.1) is 4.90 Å². The van der Waals surface area contributed by atoms with E-state index in [2.05, 4.69) is 10.0 Å². The Bertz CT molecular complexity index is 1080. The Morgan fingerprint density at radius 1 is 0.759 bits per heavy atom. The van der Waals surface area contributed by atoms with Crippen LogP contribution in [0.15, 0.2) is 83.8 Å². The molecule has 150 valence electrons. The molecule has 3 aromatic carbocycles. The van der Waals surface area contributed by atoms with E-state index in [4.69, 9.17) is 0 Å². The van der Waals surface area contributed by atoms with E-state index in [0.29, 0.717) is 11.3 Å². The van der Waals surface area contributed by atoms with Crippen molar-refractivity contribution in [1.29, 1.82) is 0 Å². The number of sulfonamides is 1. The second-order valence-corrected chi connectivity index (χ2v) is 9.46. The van der Waals surface area contributed by atoms with Crippen molar-refractivity contribution in [2.45, 2.75) is 31.2 Å². The highest BCUT2D eigenvalue weighted by Crippen LogP contribution is 2.20. The lowest BCUT2D eigenvalue weighted by Gasteiger charge is -2.20. The van der Waals surface area contributed by atoms with E-state index in [9.17, 15) is 13.2 Å². The Hall–Kier alpha value is -2.96. The van der Waals surface area contributed by atoms with Gasteiger partial charge in [-0.1, -0.05) is 42.5 Å². The highest BCUT2D eigenvalue weighted by Gasteiger charge is 2.21. The number of hydrogen-bond donors (Lipinski definition) is 2. The van der Waals surface area contributed by atoms with Gasteiger partial charge in [0.2, 0.25) is 10.0 Å². The molecule has 0 radical (unpaired) electrons. The molecule has 2 N–H and O–H groups in total. The van der Waals surface area contributed by atoms with Gasteiger partial charge in [0.1, 0.15) is 0 Å². The second-order valence-electron chi connectivity index (χ2n) is 7.78. The fraction of sp³-hybridized carbons (Fsp3) is 0.174. The summed E-state index contributed by atoms with van der Waals surface area (Å²) in [7, 11) is -3.61. The van der Waals surface area contributed by atoms with Gasteiger partial charge >= 0.3 is 0 Å². The molecule has 0 fully saturated rings. The lowest BCUT2D eigenvalue weighted by atomic mass is 10.0. The largest absolute Gasteiger partial charge is 0.322 e. The Kier molecular flexibility index (Phi) is 5.86. The summed E-state index contributed by atoms with van der Waals surface area (Å²) in [4.78, 5) is 12.6. The second kappa shape index (κ2) is 8.19. The van der Waals surface area contributed by atoms with Crippen LogP contribution in [0.1, 0.15) is 31.1 Å². The molecule has 0 aliphatic heterocycles. The summed E-state index contributed by atoms with van der Waals surface area (Å²) >= 11 is 0. The topological polar surface area (TPSA) is 75.3 Å². The van der Waals surface area contributed by atoms with Crippen LogP contribution in [0.25, 0.3) is 11.1 Å². The summed E-state index contributed by atoms with van der Waals surface area (Å²) in [5.74, 6) is -0.256. The number of nitrogens with one attached hydrogen (secondary N) is 2. The third-order valence-electron chi connectivity index (χ3n) is 4.12. The first-order chi connectivity index (χ1) is 13.6. The van der Waals surface area contributed by atoms with Crippen LogP contribution in [-0.2, 0) is 10.0 Å².